The van der Waals surface area contributed by atoms with Gasteiger partial charge in [-0.05, 0) is 155 Å². The normalized spacial score (nSPS) is 18.2. The van der Waals surface area contributed by atoms with E-state index in [0.717, 1.165) is 68.6 Å². The fraction of sp³-hybridized carbons (Fsp3) is 0.437. The van der Waals surface area contributed by atoms with Crippen LogP contribution in [0.1, 0.15) is 109 Å². The third-order valence-electron chi connectivity index (χ3n) is 17.8. The number of carbonyl (C=O) groups is 3. The van der Waals surface area contributed by atoms with E-state index in [1.54, 1.807) is 25.1 Å². The lowest BCUT2D eigenvalue weighted by Crippen LogP contribution is -2.50. The number of ether oxygens (including phenoxy) is 2. The van der Waals surface area contributed by atoms with Crippen LogP contribution in [0.5, 0.6) is 11.5 Å². The number of aryl methyl sites for hydroxylation is 2. The Morgan fingerprint density at radius 1 is 0.573 bits per heavy atom. The van der Waals surface area contributed by atoms with Crippen LogP contribution in [0.15, 0.2) is 146 Å². The molecule has 5 aromatic rings. The second-order valence-corrected chi connectivity index (χ2v) is 33.3. The van der Waals surface area contributed by atoms with Gasteiger partial charge in [-0.2, -0.15) is 48.1 Å². The van der Waals surface area contributed by atoms with Crippen molar-refractivity contribution in [1.82, 2.24) is 29.9 Å². The Kier molecular flexibility index (Phi) is 32.3. The molecule has 24 nitrogen and oxygen atoms in total. The summed E-state index contributed by atoms with van der Waals surface area (Å²) >= 11 is 8.43. The number of halogens is 12. The molecule has 6 heterocycles. The standard InChI is InChI=1S/C27H30F3N3O6S.C16H16F3N3O3S.C14H14F3N3O.C11H15BrO3.C2H4Cl2O2S.CH4/c1-18-15-23(39-13-7-22(35)17-34)6-5-19(18)8-14-40(37,38)33-11-9-26(10-12-33)25(36)31-24(32-26)20-3-2-4-21(16-20)27(28,29)30;1-2-26(24,25)22-8-6-15(7-9-22)14(23)20-13(21-15)11-4-3-5-12(10-11)16(17,18)19;15-14(16,17)10-3-1-2-9(8-10)11-19-12(21)13(20-11)4-6-18-7-5-13;1-8-6-10(2-3-11(8)12)15-5-4-9(14)7-13;3-1-2-7(4,5)6;/h2-6,8,14-16,22,34-35H,7,9-13,17H2,1H3,(H,31,32,36);2-5,10H,1,6-9H2,(H,20,21,23);1-3,8,18H,4-7H2,(H,19,20,21);2-3,6,9,13-14H,4-5,7H2,1H3;1-2H2;1H4/b14-8+;;;;;. The number of hydrogen-bond acceptors (Lipinski definition) is 19. The summed E-state index contributed by atoms with van der Waals surface area (Å²) in [5.41, 5.74) is -2.55. The van der Waals surface area contributed by atoms with Crippen LogP contribution < -0.4 is 30.7 Å². The molecule has 5 aromatic carbocycles. The highest BCUT2D eigenvalue weighted by Crippen LogP contribution is 2.38. The van der Waals surface area contributed by atoms with E-state index in [1.165, 1.54) is 51.1 Å². The van der Waals surface area contributed by atoms with Crippen LogP contribution in [0, 0.1) is 13.8 Å². The van der Waals surface area contributed by atoms with Crippen LogP contribution >= 0.6 is 38.2 Å². The van der Waals surface area contributed by atoms with E-state index in [-0.39, 0.29) is 137 Å². The summed E-state index contributed by atoms with van der Waals surface area (Å²) in [6.45, 7) is 8.65. The van der Waals surface area contributed by atoms with Gasteiger partial charge in [0.15, 0.2) is 0 Å². The van der Waals surface area contributed by atoms with Crippen LogP contribution in [0.4, 0.5) is 39.5 Å². The van der Waals surface area contributed by atoms with Crippen molar-refractivity contribution in [2.45, 2.75) is 120 Å². The summed E-state index contributed by atoms with van der Waals surface area (Å²) in [5, 5.41) is 48.8. The van der Waals surface area contributed by atoms with Crippen LogP contribution in [-0.4, -0.2) is 196 Å². The van der Waals surface area contributed by atoms with Gasteiger partial charge in [-0.1, -0.05) is 72.4 Å². The largest absolute Gasteiger partial charge is 0.493 e. The Morgan fingerprint density at radius 3 is 1.26 bits per heavy atom. The van der Waals surface area contributed by atoms with E-state index in [2.05, 4.69) is 58.8 Å². The number of nitrogens with one attached hydrogen (secondary N) is 4. The van der Waals surface area contributed by atoms with Gasteiger partial charge in [0.1, 0.15) is 45.6 Å². The zero-order valence-corrected chi connectivity index (χ0v) is 64.0. The number of aliphatic hydroxyl groups is 4. The Bertz CT molecular complexity index is 4560. The second kappa shape index (κ2) is 38.9. The minimum atomic E-state index is -4.54. The molecule has 3 spiro atoms. The predicted octanol–water partition coefficient (Wildman–Crippen LogP) is 9.75. The minimum Gasteiger partial charge on any atom is -0.493 e. The van der Waals surface area contributed by atoms with Gasteiger partial charge in [-0.15, -0.1) is 11.6 Å². The Hall–Kier alpha value is -7.40. The molecule has 6 aliphatic heterocycles. The highest BCUT2D eigenvalue weighted by atomic mass is 79.9. The molecule has 2 unspecified atom stereocenters. The lowest BCUT2D eigenvalue weighted by atomic mass is 9.89. The zero-order valence-electron chi connectivity index (χ0n) is 58.4. The molecule has 0 radical (unpaired) electrons. The summed E-state index contributed by atoms with van der Waals surface area (Å²) in [6.07, 6.45) is -11.2. The number of hydrogen-bond donors (Lipinski definition) is 8. The van der Waals surface area contributed by atoms with Gasteiger partial charge < -0.3 is 51.2 Å². The van der Waals surface area contributed by atoms with Crippen molar-refractivity contribution >= 4 is 109 Å². The Labute approximate surface area is 648 Å². The van der Waals surface area contributed by atoms with E-state index >= 15 is 0 Å². The number of amides is 3. The van der Waals surface area contributed by atoms with Crippen molar-refractivity contribution in [1.29, 1.82) is 0 Å². The number of piperidine rings is 3. The molecule has 2 atom stereocenters. The molecule has 0 aromatic heterocycles. The molecule has 0 saturated carbocycles. The fourth-order valence-corrected chi connectivity index (χ4v) is 15.0. The molecule has 0 aliphatic carbocycles. The monoisotopic (exact) mass is 1720 g/mol. The number of nitrogens with zero attached hydrogens (tertiary/aromatic N) is 5. The smallest absolute Gasteiger partial charge is 0.416 e. The summed E-state index contributed by atoms with van der Waals surface area (Å²) in [7, 11) is -6.01. The lowest BCUT2D eigenvalue weighted by molar-refractivity contribution is -0.138. The van der Waals surface area contributed by atoms with Crippen molar-refractivity contribution < 1.29 is 109 Å². The molecule has 604 valence electrons. The summed E-state index contributed by atoms with van der Waals surface area (Å²) in [5.74, 6) is 0.453. The number of alkyl halides is 10. The molecule has 39 heteroatoms. The highest BCUT2D eigenvalue weighted by molar-refractivity contribution is 9.10. The van der Waals surface area contributed by atoms with Gasteiger partial charge in [-0.25, -0.2) is 25.3 Å². The lowest BCUT2D eigenvalue weighted by Gasteiger charge is -2.34. The van der Waals surface area contributed by atoms with Gasteiger partial charge in [0.25, 0.3) is 17.7 Å². The first-order chi connectivity index (χ1) is 51.0. The second-order valence-electron chi connectivity index (χ2n) is 25.5. The SMILES string of the molecule is C.C=CS(=O)(=O)N1CCC2(CC1)N=C(c1cccc(C(F)(F)F)c1)NC2=O.Cc1cc(OCCC(O)CO)ccc1/C=C/S(=O)(=O)N1CCC2(CC1)N=C(c1cccc(C(F)(F)F)c1)NC2=O.Cc1cc(OCCC(O)CO)ccc1Br.O=C1NC(c2cccc(C(F)(F)F)c2)=NC12CCNCC2.O=S(=O)(Cl)CCCl. The quantitative estimate of drug-likeness (QED) is 0.0204. The van der Waals surface area contributed by atoms with Crippen LogP contribution in [-0.2, 0) is 62.0 Å². The highest BCUT2D eigenvalue weighted by Gasteiger charge is 2.50. The molecule has 3 saturated heterocycles. The van der Waals surface area contributed by atoms with Crippen molar-refractivity contribution in [2.75, 3.05) is 77.3 Å². The van der Waals surface area contributed by atoms with Crippen molar-refractivity contribution in [2.24, 2.45) is 15.0 Å². The first kappa shape index (κ1) is 91.5. The Morgan fingerprint density at radius 2 is 0.936 bits per heavy atom. The van der Waals surface area contributed by atoms with Gasteiger partial charge >= 0.3 is 18.5 Å². The van der Waals surface area contributed by atoms with E-state index < -0.39 is 105 Å². The van der Waals surface area contributed by atoms with Crippen molar-refractivity contribution in [3.8, 4) is 11.5 Å². The maximum Gasteiger partial charge on any atom is 0.416 e. The van der Waals surface area contributed by atoms with Crippen LogP contribution in [0.25, 0.3) is 6.08 Å². The minimum absolute atomic E-state index is 0. The van der Waals surface area contributed by atoms with Crippen molar-refractivity contribution in [3.05, 3.63) is 181 Å². The van der Waals surface area contributed by atoms with E-state index in [9.17, 15) is 84.3 Å². The molecule has 3 amide bonds. The fourth-order valence-electron chi connectivity index (χ4n) is 11.4. The number of rotatable bonds is 20. The summed E-state index contributed by atoms with van der Waals surface area (Å²) < 4.78 is 200. The molecule has 0 bridgehead atoms. The van der Waals surface area contributed by atoms with E-state index in [1.807, 2.05) is 25.1 Å². The van der Waals surface area contributed by atoms with Gasteiger partial charge in [0.2, 0.25) is 29.1 Å². The zero-order chi connectivity index (χ0) is 80.6. The summed E-state index contributed by atoms with van der Waals surface area (Å²) in [4.78, 5) is 50.5. The van der Waals surface area contributed by atoms with Crippen LogP contribution in [0.2, 0.25) is 0 Å². The summed E-state index contributed by atoms with van der Waals surface area (Å²) in [6, 6.07) is 24.8. The number of amidine groups is 3. The number of benzene rings is 5. The van der Waals surface area contributed by atoms with Gasteiger partial charge in [0.05, 0.1) is 61.1 Å². The molecular weight excluding hydrogens is 1640 g/mol. The van der Waals surface area contributed by atoms with E-state index in [0.29, 0.717) is 50.3 Å². The molecule has 110 heavy (non-hydrogen) atoms. The maximum atomic E-state index is 13.1. The third-order valence-corrected chi connectivity index (χ3v) is 23.3. The van der Waals surface area contributed by atoms with Gasteiger partial charge in [0, 0.05) is 87.6 Å². The number of sulfonamides is 2. The average molecular weight is 1720 g/mol. The maximum absolute atomic E-state index is 13.1. The Balaban J connectivity index is 0.000000234. The van der Waals surface area contributed by atoms with Crippen molar-refractivity contribution in [3.63, 3.8) is 0 Å². The third kappa shape index (κ3) is 25.3. The first-order valence-electron chi connectivity index (χ1n) is 33.5. The average Bonchev–Trinajstić information content (AvgIpc) is 1.63. The van der Waals surface area contributed by atoms with Gasteiger partial charge in [-0.3, -0.25) is 29.4 Å². The molecule has 8 N–H and O–H groups in total. The molecule has 3 fully saturated rings. The van der Waals surface area contributed by atoms with Crippen LogP contribution in [0.3, 0.4) is 0 Å². The molecular formula is C71H83BrCl2F9N9O15S3. The number of carbonyl (C=O) groups excluding carboxylic acids is 3. The molecule has 6 aliphatic rings. The number of aliphatic hydroxyl groups excluding tert-OH is 4. The predicted molar refractivity (Wildman–Crippen MR) is 401 cm³/mol. The van der Waals surface area contributed by atoms with E-state index in [4.69, 9.17) is 47.1 Å². The molecule has 11 rings (SSSR count). The first-order valence-corrected chi connectivity index (χ1v) is 40.3. The topological polar surface area (TPSA) is 345 Å². The number of aliphatic imine (C=N–C) groups is 3.